The van der Waals surface area contributed by atoms with Gasteiger partial charge in [0.05, 0.1) is 0 Å². The van der Waals surface area contributed by atoms with E-state index in [2.05, 4.69) is 11.4 Å². The van der Waals surface area contributed by atoms with Gasteiger partial charge >= 0.3 is 0 Å². The van der Waals surface area contributed by atoms with Crippen LogP contribution in [0.1, 0.15) is 24.4 Å². The average molecular weight is 165 g/mol. The number of hydrogen-bond acceptors (Lipinski definition) is 2. The van der Waals surface area contributed by atoms with Crippen molar-refractivity contribution in [3.8, 4) is 0 Å². The molecule has 1 aliphatic rings. The van der Waals surface area contributed by atoms with E-state index < -0.39 is 0 Å². The van der Waals surface area contributed by atoms with Gasteiger partial charge in [-0.3, -0.25) is 0 Å². The van der Waals surface area contributed by atoms with Crippen LogP contribution in [0.3, 0.4) is 0 Å². The van der Waals surface area contributed by atoms with Crippen LogP contribution in [0, 0.1) is 6.92 Å². The average Bonchev–Trinajstić information content (AvgIpc) is 2.69. The Kier molecular flexibility index (Phi) is 1.72. The summed E-state index contributed by atoms with van der Waals surface area (Å²) in [5.74, 6) is 2.18. The third kappa shape index (κ3) is 1.16. The van der Waals surface area contributed by atoms with E-state index in [1.165, 1.54) is 12.8 Å². The molecular weight excluding hydrogens is 150 g/mol. The molecule has 1 aromatic rings. The molecular formula is C10H15NO. The van der Waals surface area contributed by atoms with Crippen molar-refractivity contribution in [3.05, 3.63) is 23.7 Å². The van der Waals surface area contributed by atoms with Gasteiger partial charge < -0.3 is 9.73 Å². The van der Waals surface area contributed by atoms with Crippen LogP contribution >= 0.6 is 0 Å². The standard InChI is InChI=1S/C10H15NO/c1-8-3-4-9(12-8)10(5-6-10)7-11-2/h3-4,11H,5-7H2,1-2H3. The zero-order chi connectivity index (χ0) is 8.60. The van der Waals surface area contributed by atoms with Gasteiger partial charge in [0.15, 0.2) is 0 Å². The first-order valence-electron chi connectivity index (χ1n) is 4.48. The van der Waals surface area contributed by atoms with Crippen molar-refractivity contribution in [2.45, 2.75) is 25.2 Å². The van der Waals surface area contributed by atoms with Gasteiger partial charge in [-0.25, -0.2) is 0 Å². The second kappa shape index (κ2) is 2.63. The Morgan fingerprint density at radius 1 is 1.50 bits per heavy atom. The van der Waals surface area contributed by atoms with E-state index in [0.717, 1.165) is 18.1 Å². The summed E-state index contributed by atoms with van der Waals surface area (Å²) in [6, 6.07) is 4.16. The van der Waals surface area contributed by atoms with Crippen LogP contribution in [0.15, 0.2) is 16.5 Å². The van der Waals surface area contributed by atoms with Crippen LogP contribution in [0.5, 0.6) is 0 Å². The largest absolute Gasteiger partial charge is 0.466 e. The fourth-order valence-electron chi connectivity index (χ4n) is 1.72. The van der Waals surface area contributed by atoms with Crippen LogP contribution in [0.4, 0.5) is 0 Å². The Labute approximate surface area is 73.0 Å². The molecule has 1 aliphatic carbocycles. The summed E-state index contributed by atoms with van der Waals surface area (Å²) in [6.07, 6.45) is 2.53. The highest BCUT2D eigenvalue weighted by atomic mass is 16.3. The van der Waals surface area contributed by atoms with Crippen molar-refractivity contribution in [1.82, 2.24) is 5.32 Å². The summed E-state index contributed by atoms with van der Waals surface area (Å²) in [4.78, 5) is 0. The molecule has 2 rings (SSSR count). The van der Waals surface area contributed by atoms with E-state index in [9.17, 15) is 0 Å². The molecule has 0 aliphatic heterocycles. The first-order chi connectivity index (χ1) is 5.77. The number of furan rings is 1. The van der Waals surface area contributed by atoms with Crippen molar-refractivity contribution in [3.63, 3.8) is 0 Å². The number of aryl methyl sites for hydroxylation is 1. The fourth-order valence-corrected chi connectivity index (χ4v) is 1.72. The normalized spacial score (nSPS) is 19.5. The summed E-state index contributed by atoms with van der Waals surface area (Å²) in [6.45, 7) is 3.04. The molecule has 1 fully saturated rings. The number of hydrogen-bond donors (Lipinski definition) is 1. The maximum Gasteiger partial charge on any atom is 0.111 e. The molecule has 0 atom stereocenters. The SMILES string of the molecule is CNCC1(c2ccc(C)o2)CC1. The van der Waals surface area contributed by atoms with E-state index in [1.54, 1.807) is 0 Å². The monoisotopic (exact) mass is 165 g/mol. The van der Waals surface area contributed by atoms with E-state index >= 15 is 0 Å². The van der Waals surface area contributed by atoms with E-state index in [0.29, 0.717) is 5.41 Å². The van der Waals surface area contributed by atoms with Gasteiger partial charge in [0.2, 0.25) is 0 Å². The summed E-state index contributed by atoms with van der Waals surface area (Å²) in [7, 11) is 2.00. The lowest BCUT2D eigenvalue weighted by molar-refractivity contribution is 0.424. The highest BCUT2D eigenvalue weighted by Gasteiger charge is 2.46. The zero-order valence-corrected chi connectivity index (χ0v) is 7.68. The Morgan fingerprint density at radius 3 is 2.67 bits per heavy atom. The minimum atomic E-state index is 0.336. The molecule has 2 nitrogen and oxygen atoms in total. The van der Waals surface area contributed by atoms with Crippen molar-refractivity contribution < 1.29 is 4.42 Å². The predicted molar refractivity (Wildman–Crippen MR) is 48.3 cm³/mol. The zero-order valence-electron chi connectivity index (χ0n) is 7.68. The molecule has 1 aromatic heterocycles. The van der Waals surface area contributed by atoms with Crippen LogP contribution in [-0.2, 0) is 5.41 Å². The molecule has 12 heavy (non-hydrogen) atoms. The smallest absolute Gasteiger partial charge is 0.111 e. The second-order valence-electron chi connectivity index (χ2n) is 3.72. The highest BCUT2D eigenvalue weighted by Crippen LogP contribution is 2.47. The molecule has 0 unspecified atom stereocenters. The van der Waals surface area contributed by atoms with E-state index in [1.807, 2.05) is 20.0 Å². The summed E-state index contributed by atoms with van der Waals surface area (Å²) < 4.78 is 5.62. The lowest BCUT2D eigenvalue weighted by atomic mass is 10.0. The molecule has 1 heterocycles. The van der Waals surface area contributed by atoms with Gasteiger partial charge in [0.1, 0.15) is 11.5 Å². The minimum absolute atomic E-state index is 0.336. The van der Waals surface area contributed by atoms with Crippen LogP contribution in [0.25, 0.3) is 0 Å². The lowest BCUT2D eigenvalue weighted by Gasteiger charge is -2.10. The van der Waals surface area contributed by atoms with Gasteiger partial charge in [-0.1, -0.05) is 0 Å². The molecule has 0 bridgehead atoms. The van der Waals surface area contributed by atoms with Gasteiger partial charge in [-0.05, 0) is 38.9 Å². The highest BCUT2D eigenvalue weighted by molar-refractivity contribution is 5.24. The number of likely N-dealkylation sites (N-methyl/N-ethyl adjacent to an activating group) is 1. The van der Waals surface area contributed by atoms with E-state index in [4.69, 9.17) is 4.42 Å². The van der Waals surface area contributed by atoms with Gasteiger partial charge in [0.25, 0.3) is 0 Å². The second-order valence-corrected chi connectivity index (χ2v) is 3.72. The molecule has 66 valence electrons. The van der Waals surface area contributed by atoms with Crippen molar-refractivity contribution in [1.29, 1.82) is 0 Å². The Morgan fingerprint density at radius 2 is 2.25 bits per heavy atom. The minimum Gasteiger partial charge on any atom is -0.466 e. The predicted octanol–water partition coefficient (Wildman–Crippen LogP) is 1.84. The van der Waals surface area contributed by atoms with Gasteiger partial charge in [0, 0.05) is 12.0 Å². The third-order valence-corrected chi connectivity index (χ3v) is 2.63. The Hall–Kier alpha value is -0.760. The summed E-state index contributed by atoms with van der Waals surface area (Å²) in [5.41, 5.74) is 0.336. The first kappa shape index (κ1) is 7.87. The topological polar surface area (TPSA) is 25.2 Å². The third-order valence-electron chi connectivity index (χ3n) is 2.63. The van der Waals surface area contributed by atoms with Crippen LogP contribution < -0.4 is 5.32 Å². The summed E-state index contributed by atoms with van der Waals surface area (Å²) >= 11 is 0. The molecule has 0 spiro atoms. The Bertz CT molecular complexity index is 273. The van der Waals surface area contributed by atoms with Crippen molar-refractivity contribution in [2.75, 3.05) is 13.6 Å². The lowest BCUT2D eigenvalue weighted by Crippen LogP contribution is -2.22. The molecule has 1 N–H and O–H groups in total. The fraction of sp³-hybridized carbons (Fsp3) is 0.600. The molecule has 1 saturated carbocycles. The van der Waals surface area contributed by atoms with Crippen LogP contribution in [0.2, 0.25) is 0 Å². The molecule has 0 radical (unpaired) electrons. The maximum absolute atomic E-state index is 5.62. The van der Waals surface area contributed by atoms with Gasteiger partial charge in [-0.2, -0.15) is 0 Å². The van der Waals surface area contributed by atoms with Crippen molar-refractivity contribution in [2.24, 2.45) is 0 Å². The summed E-state index contributed by atoms with van der Waals surface area (Å²) in [5, 5.41) is 3.22. The number of rotatable bonds is 3. The molecule has 0 aromatic carbocycles. The molecule has 0 amide bonds. The number of nitrogens with one attached hydrogen (secondary N) is 1. The Balaban J connectivity index is 2.18. The van der Waals surface area contributed by atoms with Crippen molar-refractivity contribution >= 4 is 0 Å². The first-order valence-corrected chi connectivity index (χ1v) is 4.48. The maximum atomic E-state index is 5.62. The quantitative estimate of drug-likeness (QED) is 0.739. The molecule has 2 heteroatoms. The van der Waals surface area contributed by atoms with Gasteiger partial charge in [-0.15, -0.1) is 0 Å². The van der Waals surface area contributed by atoms with E-state index in [-0.39, 0.29) is 0 Å². The van der Waals surface area contributed by atoms with Crippen LogP contribution in [-0.4, -0.2) is 13.6 Å². The molecule has 0 saturated heterocycles.